The molecule has 1 aliphatic rings. The molecular weight excluding hydrogens is 350 g/mol. The molecule has 6 nitrogen and oxygen atoms in total. The molecule has 1 aromatic carbocycles. The van der Waals surface area contributed by atoms with Gasteiger partial charge in [0.15, 0.2) is 11.5 Å². The van der Waals surface area contributed by atoms with E-state index in [0.717, 1.165) is 42.5 Å². The molecular formula is C19H22ClN5O. The van der Waals surface area contributed by atoms with Crippen molar-refractivity contribution < 1.29 is 4.74 Å². The van der Waals surface area contributed by atoms with Crippen LogP contribution in [0.1, 0.15) is 33.0 Å². The molecule has 4 rings (SSSR count). The highest BCUT2D eigenvalue weighted by Crippen LogP contribution is 2.28. The number of halogens is 1. The second-order valence-corrected chi connectivity index (χ2v) is 8.05. The average molecular weight is 372 g/mol. The molecule has 0 saturated carbocycles. The van der Waals surface area contributed by atoms with Crippen molar-refractivity contribution in [1.29, 1.82) is 0 Å². The first-order valence-corrected chi connectivity index (χ1v) is 9.19. The van der Waals surface area contributed by atoms with Crippen LogP contribution in [0.15, 0.2) is 36.4 Å². The van der Waals surface area contributed by atoms with Crippen LogP contribution in [0, 0.1) is 0 Å². The number of para-hydroxylation sites is 1. The molecule has 0 spiro atoms. The fourth-order valence-electron chi connectivity index (χ4n) is 3.17. The number of hydrogen-bond donors (Lipinski definition) is 0. The Morgan fingerprint density at radius 1 is 1.12 bits per heavy atom. The van der Waals surface area contributed by atoms with E-state index < -0.39 is 0 Å². The largest absolute Gasteiger partial charge is 0.487 e. The highest BCUT2D eigenvalue weighted by atomic mass is 35.5. The maximum atomic E-state index is 6.20. The number of hydrogen-bond acceptors (Lipinski definition) is 5. The van der Waals surface area contributed by atoms with Gasteiger partial charge in [-0.15, -0.1) is 15.3 Å². The summed E-state index contributed by atoms with van der Waals surface area (Å²) in [6.07, 6.45) is 1.02. The van der Waals surface area contributed by atoms with E-state index in [2.05, 4.69) is 35.9 Å². The predicted molar refractivity (Wildman–Crippen MR) is 102 cm³/mol. The minimum absolute atomic E-state index is 0.0930. The van der Waals surface area contributed by atoms with Gasteiger partial charge in [-0.3, -0.25) is 0 Å². The first kappa shape index (κ1) is 17.1. The lowest BCUT2D eigenvalue weighted by atomic mass is 9.96. The molecule has 3 heterocycles. The van der Waals surface area contributed by atoms with Crippen molar-refractivity contribution in [2.45, 2.75) is 38.7 Å². The summed E-state index contributed by atoms with van der Waals surface area (Å²) in [6.45, 7) is 8.00. The SMILES string of the molecule is CC(C)(C)c1nnc2ccc(N3CCC(Oc4ccccc4Cl)C3)nn12. The lowest BCUT2D eigenvalue weighted by Crippen LogP contribution is -2.26. The fourth-order valence-corrected chi connectivity index (χ4v) is 3.35. The molecule has 1 saturated heterocycles. The molecule has 26 heavy (non-hydrogen) atoms. The van der Waals surface area contributed by atoms with Gasteiger partial charge in [-0.25, -0.2) is 0 Å². The molecule has 0 amide bonds. The molecule has 1 unspecified atom stereocenters. The molecule has 1 fully saturated rings. The van der Waals surface area contributed by atoms with Crippen LogP contribution in [0.2, 0.25) is 5.02 Å². The van der Waals surface area contributed by atoms with Gasteiger partial charge in [-0.05, 0) is 24.3 Å². The molecule has 136 valence electrons. The van der Waals surface area contributed by atoms with E-state index in [4.69, 9.17) is 21.4 Å². The standard InChI is InChI=1S/C19H22ClN5O/c1-19(2,3)18-22-21-16-8-9-17(23-25(16)18)24-11-10-13(12-24)26-15-7-5-4-6-14(15)20/h4-9,13H,10-12H2,1-3H3. The van der Waals surface area contributed by atoms with E-state index in [9.17, 15) is 0 Å². The van der Waals surface area contributed by atoms with Crippen LogP contribution in [0.25, 0.3) is 5.65 Å². The Kier molecular flexibility index (Phi) is 4.23. The summed E-state index contributed by atoms with van der Waals surface area (Å²) in [5, 5.41) is 14.0. The summed E-state index contributed by atoms with van der Waals surface area (Å²) in [7, 11) is 0. The highest BCUT2D eigenvalue weighted by molar-refractivity contribution is 6.32. The maximum Gasteiger partial charge on any atom is 0.178 e. The number of ether oxygens (including phenoxy) is 1. The van der Waals surface area contributed by atoms with Crippen LogP contribution in [0.3, 0.4) is 0 Å². The third-order valence-corrected chi connectivity index (χ3v) is 4.83. The van der Waals surface area contributed by atoms with Crippen molar-refractivity contribution in [3.05, 3.63) is 47.2 Å². The van der Waals surface area contributed by atoms with Crippen molar-refractivity contribution in [3.8, 4) is 5.75 Å². The number of benzene rings is 1. The summed E-state index contributed by atoms with van der Waals surface area (Å²) in [6, 6.07) is 11.5. The van der Waals surface area contributed by atoms with Crippen LogP contribution >= 0.6 is 11.6 Å². The van der Waals surface area contributed by atoms with Crippen LogP contribution in [0.4, 0.5) is 5.82 Å². The molecule has 2 aromatic heterocycles. The van der Waals surface area contributed by atoms with Gasteiger partial charge >= 0.3 is 0 Å². The molecule has 0 bridgehead atoms. The Morgan fingerprint density at radius 2 is 1.92 bits per heavy atom. The Labute approximate surface area is 157 Å². The second-order valence-electron chi connectivity index (χ2n) is 7.64. The van der Waals surface area contributed by atoms with E-state index in [1.807, 2.05) is 40.9 Å². The summed E-state index contributed by atoms with van der Waals surface area (Å²) in [5.74, 6) is 2.50. The highest BCUT2D eigenvalue weighted by Gasteiger charge is 2.27. The topological polar surface area (TPSA) is 55.5 Å². The monoisotopic (exact) mass is 371 g/mol. The van der Waals surface area contributed by atoms with Crippen LogP contribution in [0.5, 0.6) is 5.75 Å². The first-order chi connectivity index (χ1) is 12.4. The van der Waals surface area contributed by atoms with Crippen molar-refractivity contribution in [2.24, 2.45) is 0 Å². The van der Waals surface area contributed by atoms with Gasteiger partial charge in [0.2, 0.25) is 0 Å². The zero-order valence-corrected chi connectivity index (χ0v) is 15.9. The number of rotatable bonds is 3. The van der Waals surface area contributed by atoms with Gasteiger partial charge < -0.3 is 9.64 Å². The van der Waals surface area contributed by atoms with Crippen LogP contribution < -0.4 is 9.64 Å². The number of aromatic nitrogens is 4. The van der Waals surface area contributed by atoms with E-state index in [-0.39, 0.29) is 11.5 Å². The van der Waals surface area contributed by atoms with Gasteiger partial charge in [0.25, 0.3) is 0 Å². The smallest absolute Gasteiger partial charge is 0.178 e. The lowest BCUT2D eigenvalue weighted by molar-refractivity contribution is 0.225. The Morgan fingerprint density at radius 3 is 2.69 bits per heavy atom. The van der Waals surface area contributed by atoms with E-state index in [1.165, 1.54) is 0 Å². The van der Waals surface area contributed by atoms with Gasteiger partial charge in [0, 0.05) is 18.4 Å². The lowest BCUT2D eigenvalue weighted by Gasteiger charge is -2.19. The zero-order valence-electron chi connectivity index (χ0n) is 15.2. The molecule has 7 heteroatoms. The van der Waals surface area contributed by atoms with Crippen LogP contribution in [-0.4, -0.2) is 39.0 Å². The third kappa shape index (κ3) is 3.21. The number of nitrogens with zero attached hydrogens (tertiary/aromatic N) is 5. The fraction of sp³-hybridized carbons (Fsp3) is 0.421. The molecule has 0 aliphatic carbocycles. The number of anilines is 1. The first-order valence-electron chi connectivity index (χ1n) is 8.81. The number of fused-ring (bicyclic) bond motifs is 1. The van der Waals surface area contributed by atoms with E-state index in [0.29, 0.717) is 5.02 Å². The average Bonchev–Trinajstić information content (AvgIpc) is 3.22. The molecule has 1 aliphatic heterocycles. The van der Waals surface area contributed by atoms with Gasteiger partial charge in [-0.2, -0.15) is 4.52 Å². The summed E-state index contributed by atoms with van der Waals surface area (Å²) < 4.78 is 7.92. The van der Waals surface area contributed by atoms with Crippen molar-refractivity contribution >= 4 is 23.1 Å². The van der Waals surface area contributed by atoms with E-state index >= 15 is 0 Å². The third-order valence-electron chi connectivity index (χ3n) is 4.52. The minimum Gasteiger partial charge on any atom is -0.487 e. The van der Waals surface area contributed by atoms with Gasteiger partial charge in [0.05, 0.1) is 11.6 Å². The zero-order chi connectivity index (χ0) is 18.3. The summed E-state index contributed by atoms with van der Waals surface area (Å²) in [4.78, 5) is 2.23. The summed E-state index contributed by atoms with van der Waals surface area (Å²) >= 11 is 6.20. The predicted octanol–water partition coefficient (Wildman–Crippen LogP) is 3.73. The minimum atomic E-state index is -0.119. The Hall–Kier alpha value is -2.34. The van der Waals surface area contributed by atoms with E-state index in [1.54, 1.807) is 0 Å². The van der Waals surface area contributed by atoms with Crippen molar-refractivity contribution in [3.63, 3.8) is 0 Å². The molecule has 0 radical (unpaired) electrons. The van der Waals surface area contributed by atoms with Crippen molar-refractivity contribution in [2.75, 3.05) is 18.0 Å². The molecule has 1 atom stereocenters. The van der Waals surface area contributed by atoms with Gasteiger partial charge in [0.1, 0.15) is 17.7 Å². The maximum absolute atomic E-state index is 6.20. The quantitative estimate of drug-likeness (QED) is 0.702. The van der Waals surface area contributed by atoms with Crippen LogP contribution in [-0.2, 0) is 5.41 Å². The molecule has 0 N–H and O–H groups in total. The second kappa shape index (κ2) is 6.43. The Balaban J connectivity index is 1.54. The van der Waals surface area contributed by atoms with Gasteiger partial charge in [-0.1, -0.05) is 44.5 Å². The normalized spacial score (nSPS) is 17.8. The molecule has 3 aromatic rings. The Bertz CT molecular complexity index is 933. The summed E-state index contributed by atoms with van der Waals surface area (Å²) in [5.41, 5.74) is 0.646. The van der Waals surface area contributed by atoms with Crippen molar-refractivity contribution in [1.82, 2.24) is 19.8 Å².